The van der Waals surface area contributed by atoms with Crippen molar-refractivity contribution < 1.29 is 0 Å². The molecule has 0 aliphatic rings. The minimum absolute atomic E-state index is 0.629. The van der Waals surface area contributed by atoms with Crippen molar-refractivity contribution in [2.45, 2.75) is 39.0 Å². The van der Waals surface area contributed by atoms with E-state index in [-0.39, 0.29) is 0 Å². The molecule has 0 amide bonds. The van der Waals surface area contributed by atoms with E-state index >= 15 is 0 Å². The summed E-state index contributed by atoms with van der Waals surface area (Å²) in [5, 5.41) is 2.01. The maximum absolute atomic E-state index is 5.86. The summed E-state index contributed by atoms with van der Waals surface area (Å²) in [6.07, 6.45) is 8.76. The average Bonchev–Trinajstić information content (AvgIpc) is 3.65. The van der Waals surface area contributed by atoms with Crippen molar-refractivity contribution in [1.29, 1.82) is 0 Å². The van der Waals surface area contributed by atoms with Crippen LogP contribution in [0.15, 0.2) is 73.1 Å². The number of nitrogens with two attached hydrogens (primary N) is 3. The van der Waals surface area contributed by atoms with Crippen LogP contribution in [0.2, 0.25) is 0 Å². The second kappa shape index (κ2) is 13.4. The summed E-state index contributed by atoms with van der Waals surface area (Å²) < 4.78 is 0. The van der Waals surface area contributed by atoms with Gasteiger partial charge in [-0.1, -0.05) is 67.9 Å². The molecule has 3 aromatic carbocycles. The normalized spacial score (nSPS) is 11.3. The van der Waals surface area contributed by atoms with Gasteiger partial charge in [0.15, 0.2) is 0 Å². The van der Waals surface area contributed by atoms with Gasteiger partial charge < -0.3 is 17.2 Å². The van der Waals surface area contributed by atoms with Gasteiger partial charge in [-0.3, -0.25) is 0 Å². The molecule has 0 unspecified atom stereocenters. The lowest BCUT2D eigenvalue weighted by Crippen LogP contribution is -2.06. The van der Waals surface area contributed by atoms with E-state index in [0.717, 1.165) is 58.1 Å². The van der Waals surface area contributed by atoms with Gasteiger partial charge in [-0.2, -0.15) is 0 Å². The highest BCUT2D eigenvalue weighted by molar-refractivity contribution is 7.18. The monoisotopic (exact) mass is 567 g/mol. The molecule has 0 spiro atoms. The first-order valence-corrected chi connectivity index (χ1v) is 15.6. The van der Waals surface area contributed by atoms with Crippen molar-refractivity contribution in [3.8, 4) is 42.0 Å². The van der Waals surface area contributed by atoms with Gasteiger partial charge in [0.1, 0.15) is 10.0 Å². The first-order chi connectivity index (χ1) is 19.6. The molecule has 0 aliphatic carbocycles. The lowest BCUT2D eigenvalue weighted by Gasteiger charge is -2.08. The highest BCUT2D eigenvalue weighted by atomic mass is 32.1. The van der Waals surface area contributed by atoms with E-state index in [1.807, 2.05) is 12.4 Å². The van der Waals surface area contributed by atoms with Crippen molar-refractivity contribution in [1.82, 2.24) is 9.97 Å². The highest BCUT2D eigenvalue weighted by Crippen LogP contribution is 2.37. The maximum Gasteiger partial charge on any atom is 0.123 e. The topological polar surface area (TPSA) is 104 Å². The number of nitrogens with zero attached hydrogens (tertiary/aromatic N) is 2. The molecule has 2 heterocycles. The van der Waals surface area contributed by atoms with Gasteiger partial charge in [0.2, 0.25) is 0 Å². The molecular formula is C33H37N5S2. The van der Waals surface area contributed by atoms with Gasteiger partial charge in [-0.15, -0.1) is 22.7 Å². The molecule has 5 aromatic rings. The van der Waals surface area contributed by atoms with Crippen LogP contribution in [0.5, 0.6) is 0 Å². The van der Waals surface area contributed by atoms with E-state index in [2.05, 4.69) is 67.6 Å². The van der Waals surface area contributed by atoms with Crippen LogP contribution >= 0.6 is 22.7 Å². The molecule has 0 saturated carbocycles. The fourth-order valence-electron chi connectivity index (χ4n) is 5.04. The molecule has 5 rings (SSSR count). The molecule has 0 radical (unpaired) electrons. The highest BCUT2D eigenvalue weighted by Gasteiger charge is 2.13. The summed E-state index contributed by atoms with van der Waals surface area (Å²) in [5.41, 5.74) is 27.3. The van der Waals surface area contributed by atoms with Crippen LogP contribution < -0.4 is 17.2 Å². The Hall–Kier alpha value is -3.20. The number of aryl methyl sites for hydroxylation is 1. The largest absolute Gasteiger partial charge is 0.330 e. The van der Waals surface area contributed by atoms with Crippen LogP contribution in [0.4, 0.5) is 0 Å². The molecule has 0 saturated heterocycles. The maximum atomic E-state index is 5.86. The van der Waals surface area contributed by atoms with Crippen LogP contribution in [-0.4, -0.2) is 29.6 Å². The van der Waals surface area contributed by atoms with Crippen LogP contribution in [0.1, 0.15) is 35.6 Å². The van der Waals surface area contributed by atoms with Gasteiger partial charge in [0, 0.05) is 23.5 Å². The SMILES string of the molecule is CCCc1cc(CCN)cc(-c2cnc(-c3cccc(-c4ncc(-c5cc(CCN)cc(CCN)c5)s4)c3)s2)c1. The molecule has 5 nitrogen and oxygen atoms in total. The zero-order chi connectivity index (χ0) is 27.9. The number of hydrogen-bond acceptors (Lipinski definition) is 7. The van der Waals surface area contributed by atoms with Gasteiger partial charge in [-0.25, -0.2) is 9.97 Å². The third kappa shape index (κ3) is 6.74. The number of benzene rings is 3. The summed E-state index contributed by atoms with van der Waals surface area (Å²) >= 11 is 3.44. The average molecular weight is 568 g/mol. The van der Waals surface area contributed by atoms with Crippen molar-refractivity contribution in [2.75, 3.05) is 19.6 Å². The standard InChI is InChI=1S/C33H37N5S2/c1-2-4-22-13-23(7-10-34)16-28(15-22)30-20-37-32(39-30)26-5-3-6-27(19-26)33-38-21-31(40-33)29-17-24(8-11-35)14-25(18-29)9-12-36/h3,5-6,13-21H,2,4,7-12,34-36H2,1H3. The smallest absolute Gasteiger partial charge is 0.123 e. The lowest BCUT2D eigenvalue weighted by atomic mass is 10.0. The van der Waals surface area contributed by atoms with E-state index in [0.29, 0.717) is 19.6 Å². The summed E-state index contributed by atoms with van der Waals surface area (Å²) in [4.78, 5) is 11.9. The minimum atomic E-state index is 0.629. The lowest BCUT2D eigenvalue weighted by molar-refractivity contribution is 0.910. The van der Waals surface area contributed by atoms with E-state index < -0.39 is 0 Å². The molecular weight excluding hydrogens is 531 g/mol. The Morgan fingerprint density at radius 1 is 0.550 bits per heavy atom. The first-order valence-electron chi connectivity index (χ1n) is 14.0. The Bertz CT molecular complexity index is 1410. The molecule has 2 aromatic heterocycles. The van der Waals surface area contributed by atoms with Crippen LogP contribution in [0.3, 0.4) is 0 Å². The Kier molecular flexibility index (Phi) is 9.52. The number of thiazole rings is 2. The van der Waals surface area contributed by atoms with Crippen LogP contribution in [0.25, 0.3) is 42.0 Å². The number of hydrogen-bond donors (Lipinski definition) is 3. The molecule has 206 valence electrons. The van der Waals surface area contributed by atoms with Crippen LogP contribution in [0, 0.1) is 0 Å². The third-order valence-corrected chi connectivity index (χ3v) is 9.07. The molecule has 0 fully saturated rings. The van der Waals surface area contributed by atoms with Gasteiger partial charge in [0.05, 0.1) is 9.75 Å². The predicted molar refractivity (Wildman–Crippen MR) is 172 cm³/mol. The summed E-state index contributed by atoms with van der Waals surface area (Å²) in [6.45, 7) is 4.13. The minimum Gasteiger partial charge on any atom is -0.330 e. The fraction of sp³-hybridized carbons (Fsp3) is 0.273. The van der Waals surface area contributed by atoms with Crippen LogP contribution in [-0.2, 0) is 25.7 Å². The molecule has 7 heteroatoms. The zero-order valence-corrected chi connectivity index (χ0v) is 24.7. The Balaban J connectivity index is 1.42. The van der Waals surface area contributed by atoms with E-state index in [4.69, 9.17) is 27.2 Å². The van der Waals surface area contributed by atoms with E-state index in [1.54, 1.807) is 22.7 Å². The molecule has 0 aliphatic heterocycles. The Labute approximate surface area is 245 Å². The van der Waals surface area contributed by atoms with E-state index in [9.17, 15) is 0 Å². The summed E-state index contributed by atoms with van der Waals surface area (Å²) in [6, 6.07) is 22.1. The predicted octanol–water partition coefficient (Wildman–Crippen LogP) is 6.72. The van der Waals surface area contributed by atoms with Crippen molar-refractivity contribution >= 4 is 22.7 Å². The quantitative estimate of drug-likeness (QED) is 0.155. The second-order valence-corrected chi connectivity index (χ2v) is 12.1. The number of aromatic nitrogens is 2. The van der Waals surface area contributed by atoms with Crippen molar-refractivity contribution in [3.63, 3.8) is 0 Å². The van der Waals surface area contributed by atoms with E-state index in [1.165, 1.54) is 38.3 Å². The number of rotatable bonds is 12. The van der Waals surface area contributed by atoms with Crippen molar-refractivity contribution in [2.24, 2.45) is 17.2 Å². The molecule has 40 heavy (non-hydrogen) atoms. The molecule has 6 N–H and O–H groups in total. The fourth-order valence-corrected chi connectivity index (χ4v) is 6.84. The van der Waals surface area contributed by atoms with Gasteiger partial charge >= 0.3 is 0 Å². The zero-order valence-electron chi connectivity index (χ0n) is 23.0. The van der Waals surface area contributed by atoms with Crippen molar-refractivity contribution in [3.05, 3.63) is 95.3 Å². The first kappa shape index (κ1) is 28.3. The molecule has 0 atom stereocenters. The summed E-state index contributed by atoms with van der Waals surface area (Å²) in [5.74, 6) is 0. The summed E-state index contributed by atoms with van der Waals surface area (Å²) in [7, 11) is 0. The van der Waals surface area contributed by atoms with Gasteiger partial charge in [-0.05, 0) is 84.8 Å². The Morgan fingerprint density at radius 2 is 0.975 bits per heavy atom. The second-order valence-electron chi connectivity index (χ2n) is 10.1. The van der Waals surface area contributed by atoms with Gasteiger partial charge in [0.25, 0.3) is 0 Å². The molecule has 0 bridgehead atoms. The Morgan fingerprint density at radius 3 is 1.38 bits per heavy atom. The third-order valence-electron chi connectivity index (χ3n) is 6.88.